The third-order valence-electron chi connectivity index (χ3n) is 3.59. The number of rotatable bonds is 8. The molecule has 0 aliphatic rings. The van der Waals surface area contributed by atoms with E-state index in [2.05, 4.69) is 15.6 Å². The minimum Gasteiger partial charge on any atom is -0.385 e. The lowest BCUT2D eigenvalue weighted by molar-refractivity contribution is 0.192. The molecule has 4 nitrogen and oxygen atoms in total. The Bertz CT molecular complexity index is 483. The van der Waals surface area contributed by atoms with Gasteiger partial charge in [-0.2, -0.15) is 0 Å². The molecule has 0 amide bonds. The lowest BCUT2D eigenvalue weighted by atomic mass is 10.1. The third-order valence-corrected chi connectivity index (χ3v) is 3.59. The number of hydrogen-bond donors (Lipinski definition) is 2. The van der Waals surface area contributed by atoms with Crippen molar-refractivity contribution in [1.82, 2.24) is 10.6 Å². The van der Waals surface area contributed by atoms with E-state index in [1.54, 1.807) is 33.2 Å². The highest BCUT2D eigenvalue weighted by molar-refractivity contribution is 14.0. The number of guanidine groups is 1. The van der Waals surface area contributed by atoms with E-state index in [1.165, 1.54) is 0 Å². The molecular formula is C17H29FIN3O. The Hall–Kier alpha value is -0.890. The number of benzene rings is 1. The van der Waals surface area contributed by atoms with Crippen molar-refractivity contribution in [2.75, 3.05) is 27.3 Å². The fourth-order valence-electron chi connectivity index (χ4n) is 2.12. The Labute approximate surface area is 156 Å². The summed E-state index contributed by atoms with van der Waals surface area (Å²) in [7, 11) is 3.46. The first-order valence-corrected chi connectivity index (χ1v) is 7.80. The van der Waals surface area contributed by atoms with Gasteiger partial charge in [-0.25, -0.2) is 4.39 Å². The summed E-state index contributed by atoms with van der Waals surface area (Å²) in [5.41, 5.74) is 1.57. The number of hydrogen-bond acceptors (Lipinski definition) is 2. The quantitative estimate of drug-likeness (QED) is 0.282. The van der Waals surface area contributed by atoms with Gasteiger partial charge >= 0.3 is 0 Å². The van der Waals surface area contributed by atoms with Gasteiger partial charge in [0.2, 0.25) is 0 Å². The van der Waals surface area contributed by atoms with Crippen molar-refractivity contribution in [3.05, 3.63) is 35.1 Å². The predicted molar refractivity (Wildman–Crippen MR) is 105 cm³/mol. The van der Waals surface area contributed by atoms with E-state index in [1.807, 2.05) is 13.0 Å². The van der Waals surface area contributed by atoms with Crippen LogP contribution in [0, 0.1) is 12.7 Å². The van der Waals surface area contributed by atoms with Crippen molar-refractivity contribution < 1.29 is 9.13 Å². The fraction of sp³-hybridized carbons (Fsp3) is 0.588. The van der Waals surface area contributed by atoms with Gasteiger partial charge in [0.1, 0.15) is 5.82 Å². The molecule has 1 aromatic rings. The van der Waals surface area contributed by atoms with Gasteiger partial charge in [0.05, 0.1) is 6.04 Å². The van der Waals surface area contributed by atoms with Crippen LogP contribution in [0.1, 0.15) is 43.4 Å². The molecule has 1 atom stereocenters. The highest BCUT2D eigenvalue weighted by atomic mass is 127. The summed E-state index contributed by atoms with van der Waals surface area (Å²) in [4.78, 5) is 4.20. The van der Waals surface area contributed by atoms with Crippen LogP contribution in [-0.4, -0.2) is 33.3 Å². The van der Waals surface area contributed by atoms with E-state index < -0.39 is 0 Å². The molecule has 1 unspecified atom stereocenters. The van der Waals surface area contributed by atoms with Crippen molar-refractivity contribution in [1.29, 1.82) is 0 Å². The standard InChI is InChI=1S/C17H28FN3O.HI/c1-13-8-9-15(12-16(13)18)14(2)21-17(19-3)20-10-6-5-7-11-22-4;/h8-9,12,14H,5-7,10-11H2,1-4H3,(H2,19,20,21);1H. The molecule has 0 bridgehead atoms. The molecule has 0 aliphatic heterocycles. The second kappa shape index (κ2) is 12.5. The van der Waals surface area contributed by atoms with Crippen LogP contribution in [0.3, 0.4) is 0 Å². The first kappa shape index (κ1) is 22.1. The monoisotopic (exact) mass is 437 g/mol. The number of ether oxygens (including phenoxy) is 1. The van der Waals surface area contributed by atoms with Crippen LogP contribution in [0.4, 0.5) is 4.39 Å². The van der Waals surface area contributed by atoms with Crippen LogP contribution in [0.25, 0.3) is 0 Å². The lowest BCUT2D eigenvalue weighted by Crippen LogP contribution is -2.39. The summed E-state index contributed by atoms with van der Waals surface area (Å²) in [6.45, 7) is 5.43. The zero-order valence-electron chi connectivity index (χ0n) is 14.5. The minimum absolute atomic E-state index is 0. The lowest BCUT2D eigenvalue weighted by Gasteiger charge is -2.18. The topological polar surface area (TPSA) is 45.7 Å². The van der Waals surface area contributed by atoms with Gasteiger partial charge in [-0.3, -0.25) is 4.99 Å². The van der Waals surface area contributed by atoms with Gasteiger partial charge in [-0.15, -0.1) is 24.0 Å². The molecule has 0 spiro atoms. The number of unbranched alkanes of at least 4 members (excludes halogenated alkanes) is 2. The van der Waals surface area contributed by atoms with Crippen LogP contribution >= 0.6 is 24.0 Å². The van der Waals surface area contributed by atoms with Crippen molar-refractivity contribution in [2.24, 2.45) is 4.99 Å². The van der Waals surface area contributed by atoms with Gasteiger partial charge in [0, 0.05) is 27.3 Å². The van der Waals surface area contributed by atoms with E-state index in [0.717, 1.165) is 43.9 Å². The van der Waals surface area contributed by atoms with Crippen molar-refractivity contribution >= 4 is 29.9 Å². The molecular weight excluding hydrogens is 408 g/mol. The summed E-state index contributed by atoms with van der Waals surface area (Å²) >= 11 is 0. The molecule has 0 saturated carbocycles. The van der Waals surface area contributed by atoms with Gasteiger partial charge < -0.3 is 15.4 Å². The average molecular weight is 437 g/mol. The average Bonchev–Trinajstić information content (AvgIpc) is 2.51. The predicted octanol–water partition coefficient (Wildman–Crippen LogP) is 3.79. The first-order valence-electron chi connectivity index (χ1n) is 7.80. The van der Waals surface area contributed by atoms with Gasteiger partial charge in [0.15, 0.2) is 5.96 Å². The summed E-state index contributed by atoms with van der Waals surface area (Å²) < 4.78 is 18.6. The number of nitrogens with zero attached hydrogens (tertiary/aromatic N) is 1. The SMILES string of the molecule is CN=C(NCCCCCOC)NC(C)c1ccc(C)c(F)c1.I. The number of aliphatic imine (C=N–C) groups is 1. The van der Waals surface area contributed by atoms with Crippen LogP contribution in [0.2, 0.25) is 0 Å². The molecule has 0 saturated heterocycles. The summed E-state index contributed by atoms with van der Waals surface area (Å²) in [6, 6.07) is 5.31. The Morgan fingerprint density at radius 3 is 2.65 bits per heavy atom. The number of methoxy groups -OCH3 is 1. The molecule has 0 aliphatic carbocycles. The van der Waals surface area contributed by atoms with E-state index in [-0.39, 0.29) is 35.8 Å². The molecule has 23 heavy (non-hydrogen) atoms. The first-order chi connectivity index (χ1) is 10.6. The summed E-state index contributed by atoms with van der Waals surface area (Å²) in [6.07, 6.45) is 3.26. The number of nitrogens with one attached hydrogen (secondary N) is 2. The van der Waals surface area contributed by atoms with Crippen LogP contribution in [0.5, 0.6) is 0 Å². The Morgan fingerprint density at radius 1 is 1.30 bits per heavy atom. The van der Waals surface area contributed by atoms with Crippen LogP contribution in [0.15, 0.2) is 23.2 Å². The third kappa shape index (κ3) is 8.50. The molecule has 0 radical (unpaired) electrons. The molecule has 1 rings (SSSR count). The van der Waals surface area contributed by atoms with Crippen molar-refractivity contribution in [3.63, 3.8) is 0 Å². The fourth-order valence-corrected chi connectivity index (χ4v) is 2.12. The normalized spacial score (nSPS) is 12.5. The number of halogens is 2. The van der Waals surface area contributed by atoms with E-state index in [9.17, 15) is 4.39 Å². The summed E-state index contributed by atoms with van der Waals surface area (Å²) in [5.74, 6) is 0.562. The van der Waals surface area contributed by atoms with Gasteiger partial charge in [-0.05, 0) is 50.3 Å². The Kier molecular flexibility index (Phi) is 12.0. The van der Waals surface area contributed by atoms with Gasteiger partial charge in [-0.1, -0.05) is 12.1 Å². The van der Waals surface area contributed by atoms with Crippen LogP contribution < -0.4 is 10.6 Å². The maximum Gasteiger partial charge on any atom is 0.191 e. The zero-order valence-corrected chi connectivity index (χ0v) is 16.8. The second-order valence-corrected chi connectivity index (χ2v) is 5.43. The summed E-state index contributed by atoms with van der Waals surface area (Å²) in [5, 5.41) is 6.56. The number of aryl methyl sites for hydroxylation is 1. The largest absolute Gasteiger partial charge is 0.385 e. The second-order valence-electron chi connectivity index (χ2n) is 5.43. The van der Waals surface area contributed by atoms with Crippen LogP contribution in [-0.2, 0) is 4.74 Å². The molecule has 0 fully saturated rings. The molecule has 6 heteroatoms. The van der Waals surface area contributed by atoms with Crippen molar-refractivity contribution in [2.45, 2.75) is 39.2 Å². The smallest absolute Gasteiger partial charge is 0.191 e. The minimum atomic E-state index is -0.174. The van der Waals surface area contributed by atoms with Crippen molar-refractivity contribution in [3.8, 4) is 0 Å². The molecule has 132 valence electrons. The van der Waals surface area contributed by atoms with Gasteiger partial charge in [0.25, 0.3) is 0 Å². The van der Waals surface area contributed by atoms with E-state index >= 15 is 0 Å². The maximum absolute atomic E-state index is 13.6. The highest BCUT2D eigenvalue weighted by Gasteiger charge is 2.09. The molecule has 2 N–H and O–H groups in total. The Balaban J connectivity index is 0.00000484. The molecule has 1 aromatic carbocycles. The molecule has 0 heterocycles. The zero-order chi connectivity index (χ0) is 16.4. The van der Waals surface area contributed by atoms with E-state index in [0.29, 0.717) is 5.56 Å². The highest BCUT2D eigenvalue weighted by Crippen LogP contribution is 2.16. The molecule has 0 aromatic heterocycles. The Morgan fingerprint density at radius 2 is 2.04 bits per heavy atom. The maximum atomic E-state index is 13.6. The van der Waals surface area contributed by atoms with E-state index in [4.69, 9.17) is 4.74 Å².